The van der Waals surface area contributed by atoms with Gasteiger partial charge < -0.3 is 5.11 Å². The molecule has 1 nitrogen and oxygen atoms in total. The van der Waals surface area contributed by atoms with Crippen LogP contribution in [0.3, 0.4) is 0 Å². The number of rotatable bonds is 1. The minimum absolute atomic E-state index is 0.293. The molecule has 1 aromatic carbocycles. The second kappa shape index (κ2) is 3.27. The zero-order chi connectivity index (χ0) is 9.26. The Bertz CT molecular complexity index is 374. The minimum atomic E-state index is 0.293. The van der Waals surface area contributed by atoms with Crippen molar-refractivity contribution in [2.24, 2.45) is 0 Å². The first-order chi connectivity index (χ1) is 6.25. The van der Waals surface area contributed by atoms with E-state index in [1.165, 1.54) is 5.57 Å². The van der Waals surface area contributed by atoms with Gasteiger partial charge in [0.25, 0.3) is 0 Å². The van der Waals surface area contributed by atoms with E-state index in [4.69, 9.17) is 16.7 Å². The second-order valence-corrected chi connectivity index (χ2v) is 3.45. The van der Waals surface area contributed by atoms with E-state index in [-0.39, 0.29) is 0 Å². The zero-order valence-corrected chi connectivity index (χ0v) is 7.75. The lowest BCUT2D eigenvalue weighted by Crippen LogP contribution is -1.78. The number of allylic oxidation sites excluding steroid dienone is 4. The number of aromatic hydroxyl groups is 1. The van der Waals surface area contributed by atoms with Crippen LogP contribution in [-0.2, 0) is 0 Å². The quantitative estimate of drug-likeness (QED) is 0.724. The first kappa shape index (κ1) is 8.39. The van der Waals surface area contributed by atoms with Crippen LogP contribution in [0.5, 0.6) is 5.75 Å². The van der Waals surface area contributed by atoms with Crippen LogP contribution >= 0.6 is 11.6 Å². The first-order valence-electron chi connectivity index (χ1n) is 4.11. The van der Waals surface area contributed by atoms with E-state index in [2.05, 4.69) is 0 Å². The molecule has 0 aromatic heterocycles. The van der Waals surface area contributed by atoms with Crippen LogP contribution in [0.1, 0.15) is 12.0 Å². The molecular formula is C11H9ClO. The third-order valence-electron chi connectivity index (χ3n) is 2.07. The second-order valence-electron chi connectivity index (χ2n) is 3.01. The fourth-order valence-corrected chi connectivity index (χ4v) is 1.58. The van der Waals surface area contributed by atoms with Crippen molar-refractivity contribution in [2.45, 2.75) is 6.42 Å². The zero-order valence-electron chi connectivity index (χ0n) is 7.00. The maximum absolute atomic E-state index is 9.09. The van der Waals surface area contributed by atoms with Crippen LogP contribution < -0.4 is 0 Å². The first-order valence-corrected chi connectivity index (χ1v) is 4.49. The van der Waals surface area contributed by atoms with E-state index in [0.29, 0.717) is 5.75 Å². The van der Waals surface area contributed by atoms with Crippen molar-refractivity contribution in [3.8, 4) is 5.75 Å². The topological polar surface area (TPSA) is 20.2 Å². The summed E-state index contributed by atoms with van der Waals surface area (Å²) in [6, 6.07) is 7.15. The fourth-order valence-electron chi connectivity index (χ4n) is 1.37. The average Bonchev–Trinajstić information content (AvgIpc) is 2.53. The van der Waals surface area contributed by atoms with Crippen molar-refractivity contribution in [3.63, 3.8) is 0 Å². The molecule has 0 saturated heterocycles. The summed E-state index contributed by atoms with van der Waals surface area (Å²) in [6.45, 7) is 0. The van der Waals surface area contributed by atoms with E-state index in [1.54, 1.807) is 12.1 Å². The van der Waals surface area contributed by atoms with Crippen LogP contribution in [0, 0.1) is 0 Å². The van der Waals surface area contributed by atoms with Gasteiger partial charge in [-0.15, -0.1) is 0 Å². The van der Waals surface area contributed by atoms with Gasteiger partial charge in [-0.25, -0.2) is 0 Å². The highest BCUT2D eigenvalue weighted by molar-refractivity contribution is 6.32. The van der Waals surface area contributed by atoms with E-state index in [9.17, 15) is 0 Å². The molecular weight excluding hydrogens is 184 g/mol. The van der Waals surface area contributed by atoms with Crippen molar-refractivity contribution >= 4 is 17.2 Å². The number of halogens is 1. The van der Waals surface area contributed by atoms with E-state index in [0.717, 1.165) is 17.0 Å². The lowest BCUT2D eigenvalue weighted by Gasteiger charge is -2.00. The highest BCUT2D eigenvalue weighted by Crippen LogP contribution is 2.29. The summed E-state index contributed by atoms with van der Waals surface area (Å²) in [5.41, 5.74) is 2.31. The molecule has 0 amide bonds. The van der Waals surface area contributed by atoms with Gasteiger partial charge in [0.15, 0.2) is 0 Å². The van der Waals surface area contributed by atoms with Gasteiger partial charge in [-0.1, -0.05) is 29.8 Å². The molecule has 0 saturated carbocycles. The molecule has 1 aromatic rings. The van der Waals surface area contributed by atoms with Gasteiger partial charge in [0, 0.05) is 5.03 Å². The van der Waals surface area contributed by atoms with Crippen molar-refractivity contribution in [3.05, 3.63) is 47.0 Å². The molecule has 0 spiro atoms. The summed E-state index contributed by atoms with van der Waals surface area (Å²) >= 11 is 5.82. The number of benzene rings is 1. The summed E-state index contributed by atoms with van der Waals surface area (Å²) < 4.78 is 0. The van der Waals surface area contributed by atoms with Gasteiger partial charge in [-0.3, -0.25) is 0 Å². The van der Waals surface area contributed by atoms with Crippen molar-refractivity contribution in [1.82, 2.24) is 0 Å². The Balaban J connectivity index is 2.28. The summed E-state index contributed by atoms with van der Waals surface area (Å²) in [5, 5.41) is 9.89. The van der Waals surface area contributed by atoms with Crippen molar-refractivity contribution in [1.29, 1.82) is 0 Å². The molecule has 0 atom stereocenters. The van der Waals surface area contributed by atoms with Crippen LogP contribution in [0.25, 0.3) is 5.57 Å². The highest BCUT2D eigenvalue weighted by atomic mass is 35.5. The molecule has 0 aliphatic heterocycles. The van der Waals surface area contributed by atoms with Crippen molar-refractivity contribution < 1.29 is 5.11 Å². The Hall–Kier alpha value is -1.21. The molecule has 1 N–H and O–H groups in total. The van der Waals surface area contributed by atoms with Gasteiger partial charge >= 0.3 is 0 Å². The summed E-state index contributed by atoms with van der Waals surface area (Å²) in [7, 11) is 0. The lowest BCUT2D eigenvalue weighted by atomic mass is 10.1. The fraction of sp³-hybridized carbons (Fsp3) is 0.0909. The van der Waals surface area contributed by atoms with Crippen LogP contribution in [0.15, 0.2) is 41.4 Å². The van der Waals surface area contributed by atoms with Gasteiger partial charge in [0.1, 0.15) is 5.75 Å². The summed E-state index contributed by atoms with van der Waals surface area (Å²) in [6.07, 6.45) is 4.81. The minimum Gasteiger partial charge on any atom is -0.508 e. The molecule has 0 fully saturated rings. The molecule has 13 heavy (non-hydrogen) atoms. The summed E-state index contributed by atoms with van der Waals surface area (Å²) in [5.74, 6) is 0.293. The normalized spacial score (nSPS) is 15.5. The number of hydrogen-bond donors (Lipinski definition) is 1. The third-order valence-corrected chi connectivity index (χ3v) is 2.33. The Morgan fingerprint density at radius 3 is 2.38 bits per heavy atom. The van der Waals surface area contributed by atoms with Crippen LogP contribution in [0.2, 0.25) is 0 Å². The Morgan fingerprint density at radius 1 is 1.15 bits per heavy atom. The van der Waals surface area contributed by atoms with Gasteiger partial charge in [0.2, 0.25) is 0 Å². The van der Waals surface area contributed by atoms with Crippen LogP contribution in [-0.4, -0.2) is 5.11 Å². The molecule has 2 heteroatoms. The monoisotopic (exact) mass is 192 g/mol. The van der Waals surface area contributed by atoms with Gasteiger partial charge in [-0.05, 0) is 35.8 Å². The maximum Gasteiger partial charge on any atom is 0.115 e. The predicted octanol–water partition coefficient (Wildman–Crippen LogP) is 3.30. The van der Waals surface area contributed by atoms with Gasteiger partial charge in [-0.2, -0.15) is 0 Å². The SMILES string of the molecule is Oc1ccc(C2=CC(Cl)=CC2)cc1. The molecule has 1 aliphatic carbocycles. The largest absolute Gasteiger partial charge is 0.508 e. The molecule has 0 radical (unpaired) electrons. The van der Waals surface area contributed by atoms with E-state index < -0.39 is 0 Å². The maximum atomic E-state index is 9.09. The molecule has 0 bridgehead atoms. The lowest BCUT2D eigenvalue weighted by molar-refractivity contribution is 0.475. The molecule has 1 aliphatic rings. The highest BCUT2D eigenvalue weighted by Gasteiger charge is 2.06. The predicted molar refractivity (Wildman–Crippen MR) is 54.6 cm³/mol. The van der Waals surface area contributed by atoms with E-state index in [1.807, 2.05) is 24.3 Å². The van der Waals surface area contributed by atoms with Crippen molar-refractivity contribution in [2.75, 3.05) is 0 Å². The molecule has 2 rings (SSSR count). The number of hydrogen-bond acceptors (Lipinski definition) is 1. The van der Waals surface area contributed by atoms with Gasteiger partial charge in [0.05, 0.1) is 0 Å². The average molecular weight is 193 g/mol. The molecule has 66 valence electrons. The van der Waals surface area contributed by atoms with Crippen LogP contribution in [0.4, 0.5) is 0 Å². The Labute approximate surface area is 82.0 Å². The Morgan fingerprint density at radius 2 is 1.85 bits per heavy atom. The third kappa shape index (κ3) is 1.76. The molecule has 0 unspecified atom stereocenters. The number of phenolic OH excluding ortho intramolecular Hbond substituents is 1. The standard InChI is InChI=1S/C11H9ClO/c12-10-4-1-9(7-10)8-2-5-11(13)6-3-8/h2-7,13H,1H2. The smallest absolute Gasteiger partial charge is 0.115 e. The van der Waals surface area contributed by atoms with E-state index >= 15 is 0 Å². The Kier molecular flexibility index (Phi) is 2.11. The summed E-state index contributed by atoms with van der Waals surface area (Å²) in [4.78, 5) is 0. The molecule has 0 heterocycles. The number of phenols is 1.